The zero-order chi connectivity index (χ0) is 56.9. The van der Waals surface area contributed by atoms with Gasteiger partial charge in [-0.3, -0.25) is 24.5 Å². The highest BCUT2D eigenvalue weighted by atomic mass is 35.5. The number of aliphatic hydroxyl groups is 6. The SMILES string of the molecule is O=C(O)C[C@@H](NCCNC(=O)c1cc2cc(Cl)c(O)cc2oc1=O)NC(=O)C(=O)Nc1ccc2c(c1)C(=O)OC21c2ccc(O[C@H]3O[C@@H](C(=O)O)[C@H](O)[C@@H](O)[C@@H]3O)cc2Oc2cc(O[C@@H]3O[C@H](C(=O)O)[C@@H](O)[C@H](O)[C@H]3O)ccc21. The molecule has 1 unspecified atom stereocenters. The summed E-state index contributed by atoms with van der Waals surface area (Å²) in [4.78, 5) is 101. The average Bonchev–Trinajstić information content (AvgIpc) is 3.75. The number of nitrogens with one attached hydrogen (secondary N) is 4. The molecule has 79 heavy (non-hydrogen) atoms. The van der Waals surface area contributed by atoms with Crippen molar-refractivity contribution < 1.29 is 117 Å². The number of ether oxygens (including phenoxy) is 6. The van der Waals surface area contributed by atoms with Crippen molar-refractivity contribution >= 4 is 69.9 Å². The number of aliphatic hydroxyl groups excluding tert-OH is 6. The summed E-state index contributed by atoms with van der Waals surface area (Å²) in [6.45, 7) is -0.446. The molecule has 14 N–H and O–H groups in total. The second-order valence-corrected chi connectivity index (χ2v) is 18.4. The zero-order valence-electron chi connectivity index (χ0n) is 39.9. The first-order valence-corrected chi connectivity index (χ1v) is 23.7. The van der Waals surface area contributed by atoms with Gasteiger partial charge in [0.15, 0.2) is 17.8 Å². The number of benzene rings is 4. The van der Waals surface area contributed by atoms with Crippen LogP contribution in [0, 0.1) is 0 Å². The van der Waals surface area contributed by atoms with Crippen LogP contribution in [-0.4, -0.2) is 173 Å². The summed E-state index contributed by atoms with van der Waals surface area (Å²) < 4.78 is 39.5. The van der Waals surface area contributed by atoms with Gasteiger partial charge in [0.2, 0.25) is 12.6 Å². The van der Waals surface area contributed by atoms with Crippen molar-refractivity contribution in [3.05, 3.63) is 116 Å². The fourth-order valence-corrected chi connectivity index (χ4v) is 9.22. The molecular weight excluding hydrogens is 1080 g/mol. The molecule has 0 radical (unpaired) electrons. The quantitative estimate of drug-likeness (QED) is 0.0180. The van der Waals surface area contributed by atoms with Gasteiger partial charge in [-0.25, -0.2) is 19.2 Å². The molecule has 9 rings (SSSR count). The molecule has 4 aliphatic heterocycles. The molecule has 416 valence electrons. The number of carbonyl (C=O) groups excluding carboxylic acids is 4. The maximum Gasteiger partial charge on any atom is 0.349 e. The van der Waals surface area contributed by atoms with Crippen molar-refractivity contribution in [3.63, 3.8) is 0 Å². The van der Waals surface area contributed by atoms with Crippen molar-refractivity contribution in [2.75, 3.05) is 18.4 Å². The van der Waals surface area contributed by atoms with Gasteiger partial charge in [-0.05, 0) is 48.5 Å². The number of aliphatic carboxylic acids is 3. The number of carboxylic acids is 3. The van der Waals surface area contributed by atoms with E-state index in [1.54, 1.807) is 0 Å². The molecule has 4 aromatic carbocycles. The molecule has 1 spiro atoms. The summed E-state index contributed by atoms with van der Waals surface area (Å²) >= 11 is 5.93. The number of carboxylic acid groups (broad SMARTS) is 3. The van der Waals surface area contributed by atoms with Gasteiger partial charge in [0.1, 0.15) is 76.5 Å². The summed E-state index contributed by atoms with van der Waals surface area (Å²) in [7, 11) is 0. The number of esters is 1. The lowest BCUT2D eigenvalue weighted by molar-refractivity contribution is -0.271. The summed E-state index contributed by atoms with van der Waals surface area (Å²) in [5.41, 5.74) is -3.53. The number of anilines is 1. The van der Waals surface area contributed by atoms with Crippen LogP contribution in [0.25, 0.3) is 11.0 Å². The first-order valence-electron chi connectivity index (χ1n) is 23.3. The van der Waals surface area contributed by atoms with Crippen LogP contribution in [0.15, 0.2) is 82.0 Å². The van der Waals surface area contributed by atoms with E-state index in [0.717, 1.165) is 12.1 Å². The summed E-state index contributed by atoms with van der Waals surface area (Å²) in [5, 5.41) is 111. The maximum absolute atomic E-state index is 14.0. The first kappa shape index (κ1) is 55.3. The molecular formula is C49H43ClN4O25. The minimum Gasteiger partial charge on any atom is -0.506 e. The number of hydrogen-bond acceptors (Lipinski definition) is 23. The molecule has 29 nitrogen and oxygen atoms in total. The Balaban J connectivity index is 0.944. The van der Waals surface area contributed by atoms with E-state index >= 15 is 0 Å². The van der Waals surface area contributed by atoms with E-state index in [-0.39, 0.29) is 85.8 Å². The van der Waals surface area contributed by atoms with Gasteiger partial charge >= 0.3 is 41.3 Å². The molecule has 5 heterocycles. The Hall–Kier alpha value is -8.49. The molecule has 0 aliphatic carbocycles. The normalized spacial score (nSPS) is 26.0. The van der Waals surface area contributed by atoms with Crippen LogP contribution in [0.4, 0.5) is 5.69 Å². The van der Waals surface area contributed by atoms with Crippen molar-refractivity contribution in [1.29, 1.82) is 0 Å². The smallest absolute Gasteiger partial charge is 0.349 e. The lowest BCUT2D eigenvalue weighted by Crippen LogP contribution is -2.61. The van der Waals surface area contributed by atoms with Crippen LogP contribution in [0.2, 0.25) is 5.02 Å². The predicted molar refractivity (Wildman–Crippen MR) is 257 cm³/mol. The van der Waals surface area contributed by atoms with Crippen LogP contribution in [0.1, 0.15) is 43.8 Å². The molecule has 3 amide bonds. The molecule has 0 bridgehead atoms. The van der Waals surface area contributed by atoms with E-state index in [2.05, 4.69) is 21.3 Å². The molecule has 1 aromatic heterocycles. The van der Waals surface area contributed by atoms with E-state index in [0.29, 0.717) is 0 Å². The van der Waals surface area contributed by atoms with Crippen molar-refractivity contribution in [1.82, 2.24) is 16.0 Å². The number of amides is 3. The van der Waals surface area contributed by atoms with Crippen LogP contribution in [-0.2, 0) is 43.8 Å². The van der Waals surface area contributed by atoms with E-state index in [1.165, 1.54) is 60.7 Å². The van der Waals surface area contributed by atoms with Crippen LogP contribution >= 0.6 is 11.6 Å². The Bertz CT molecular complexity index is 3290. The minimum absolute atomic E-state index is 0.0428. The molecule has 5 aromatic rings. The Morgan fingerprint density at radius 1 is 0.671 bits per heavy atom. The lowest BCUT2D eigenvalue weighted by Gasteiger charge is -2.39. The van der Waals surface area contributed by atoms with Gasteiger partial charge in [0, 0.05) is 59.1 Å². The number of phenols is 1. The van der Waals surface area contributed by atoms with Gasteiger partial charge in [-0.1, -0.05) is 17.7 Å². The number of halogens is 1. The predicted octanol–water partition coefficient (Wildman–Crippen LogP) is -1.86. The second-order valence-electron chi connectivity index (χ2n) is 18.0. The Morgan fingerprint density at radius 3 is 1.80 bits per heavy atom. The highest BCUT2D eigenvalue weighted by Gasteiger charge is 2.55. The van der Waals surface area contributed by atoms with Gasteiger partial charge in [0.05, 0.1) is 23.2 Å². The Morgan fingerprint density at radius 2 is 1.24 bits per heavy atom. The highest BCUT2D eigenvalue weighted by Crippen LogP contribution is 2.57. The number of aromatic hydroxyl groups is 1. The lowest BCUT2D eigenvalue weighted by atomic mass is 9.77. The summed E-state index contributed by atoms with van der Waals surface area (Å²) in [6.07, 6.45) is -22.2. The number of fused-ring (bicyclic) bond motifs is 7. The number of phenolic OH excluding ortho intramolecular Hbond substituents is 1. The fourth-order valence-electron chi connectivity index (χ4n) is 9.04. The fraction of sp³-hybridized carbons (Fsp3) is 0.306. The van der Waals surface area contributed by atoms with Gasteiger partial charge < -0.3 is 99.9 Å². The minimum atomic E-state index is -2.05. The maximum atomic E-state index is 14.0. The van der Waals surface area contributed by atoms with Gasteiger partial charge in [-0.2, -0.15) is 0 Å². The topological polar surface area (TPSA) is 456 Å². The highest BCUT2D eigenvalue weighted by molar-refractivity contribution is 6.39. The third kappa shape index (κ3) is 10.6. The van der Waals surface area contributed by atoms with Crippen molar-refractivity contribution in [3.8, 4) is 28.7 Å². The molecule has 30 heteroatoms. The Labute approximate surface area is 445 Å². The van der Waals surface area contributed by atoms with E-state index < -0.39 is 132 Å². The number of carbonyl (C=O) groups is 7. The zero-order valence-corrected chi connectivity index (χ0v) is 40.6. The van der Waals surface area contributed by atoms with E-state index in [1.807, 2.05) is 0 Å². The van der Waals surface area contributed by atoms with Crippen molar-refractivity contribution in [2.45, 2.75) is 79.6 Å². The number of rotatable bonds is 15. The van der Waals surface area contributed by atoms with Crippen LogP contribution < -0.4 is 41.1 Å². The van der Waals surface area contributed by atoms with Gasteiger partial charge in [-0.15, -0.1) is 0 Å². The summed E-state index contributed by atoms with van der Waals surface area (Å²) in [6, 6.07) is 15.0. The average molecular weight is 1120 g/mol. The van der Waals surface area contributed by atoms with Crippen LogP contribution in [0.3, 0.4) is 0 Å². The third-order valence-corrected chi connectivity index (χ3v) is 13.2. The van der Waals surface area contributed by atoms with Crippen molar-refractivity contribution in [2.24, 2.45) is 0 Å². The number of hydrogen-bond donors (Lipinski definition) is 14. The standard InChI is InChI=1S/C49H43ClN4O25/c50-25-10-16-9-21(45(71)76-27(16)14-26(25)55)40(64)52-8-7-51-30(15-31(56)57)54-42(66)41(65)53-17-1-4-22-20(11-17)46(72)79-49(22)23-5-2-18(73-47-36(62)32(58)34(60)38(77-47)43(67)68)12-28(23)75-29-13-19(3-6-24(29)49)74-48-37(63)33(59)35(61)39(78-48)44(69)70/h1-6,9-14,30,32-39,47-48,51,55,58-63H,7-8,15H2,(H,52,64)(H,53,65)(H,54,66)(H,56,57)(H,67,68)(H,69,70)/t30-,32-,33+,34-,35+,36+,37-,38-,39+,47+,48-,49?/m0/s1. The monoisotopic (exact) mass is 1120 g/mol. The molecule has 2 saturated heterocycles. The van der Waals surface area contributed by atoms with E-state index in [9.17, 15) is 89.4 Å². The third-order valence-electron chi connectivity index (χ3n) is 12.9. The van der Waals surface area contributed by atoms with Gasteiger partial charge in [0.25, 0.3) is 5.91 Å². The van der Waals surface area contributed by atoms with Crippen LogP contribution in [0.5, 0.6) is 28.7 Å². The largest absolute Gasteiger partial charge is 0.506 e. The first-order chi connectivity index (χ1) is 37.4. The van der Waals surface area contributed by atoms with E-state index in [4.69, 9.17) is 44.4 Å². The Kier molecular flexibility index (Phi) is 15.2. The molecule has 12 atom stereocenters. The molecule has 4 aliphatic rings. The second kappa shape index (κ2) is 21.7. The summed E-state index contributed by atoms with van der Waals surface area (Å²) in [5.74, 6) is -10.5. The molecule has 2 fully saturated rings. The molecule has 0 saturated carbocycles.